The van der Waals surface area contributed by atoms with Crippen LogP contribution in [0.3, 0.4) is 0 Å². The fraction of sp³-hybridized carbons (Fsp3) is 0.312. The number of carbonyl (C=O) groups is 1. The van der Waals surface area contributed by atoms with Crippen LogP contribution in [0.15, 0.2) is 24.3 Å². The van der Waals surface area contributed by atoms with Crippen LogP contribution < -0.4 is 15.2 Å². The first-order valence-electron chi connectivity index (χ1n) is 6.87. The van der Waals surface area contributed by atoms with Crippen molar-refractivity contribution in [3.63, 3.8) is 0 Å². The molecule has 0 aliphatic carbocycles. The fourth-order valence-electron chi connectivity index (χ4n) is 2.13. The summed E-state index contributed by atoms with van der Waals surface area (Å²) in [4.78, 5) is 11.9. The highest BCUT2D eigenvalue weighted by molar-refractivity contribution is 6.18. The molecular formula is C16H18ClNO4. The maximum Gasteiger partial charge on any atom is 0.340 e. The number of hydrogen-bond acceptors (Lipinski definition) is 5. The minimum Gasteiger partial charge on any atom is -0.493 e. The van der Waals surface area contributed by atoms with E-state index in [1.165, 1.54) is 0 Å². The lowest BCUT2D eigenvalue weighted by Crippen LogP contribution is -2.08. The van der Waals surface area contributed by atoms with Gasteiger partial charge in [-0.25, -0.2) is 4.79 Å². The highest BCUT2D eigenvalue weighted by atomic mass is 35.5. The molecule has 0 amide bonds. The molecule has 22 heavy (non-hydrogen) atoms. The SMILES string of the molecule is CCOC(=O)c1cc2cc(OC)c(OCCCl)cc2cc1N. The van der Waals surface area contributed by atoms with E-state index in [0.717, 1.165) is 10.8 Å². The zero-order valence-corrected chi connectivity index (χ0v) is 13.3. The van der Waals surface area contributed by atoms with Crippen LogP contribution >= 0.6 is 11.6 Å². The third-order valence-corrected chi connectivity index (χ3v) is 3.28. The summed E-state index contributed by atoms with van der Waals surface area (Å²) in [5, 5.41) is 1.66. The van der Waals surface area contributed by atoms with Gasteiger partial charge in [0, 0.05) is 5.69 Å². The second-order valence-electron chi connectivity index (χ2n) is 4.55. The molecule has 0 radical (unpaired) electrons. The Bertz CT molecular complexity index is 687. The standard InChI is InChI=1S/C16H18ClNO4/c1-3-21-16(19)12-6-10-8-14(20-2)15(22-5-4-17)9-11(10)7-13(12)18/h6-9H,3-5,18H2,1-2H3. The van der Waals surface area contributed by atoms with Crippen LogP contribution in [-0.4, -0.2) is 32.2 Å². The van der Waals surface area contributed by atoms with Gasteiger partial charge in [0.05, 0.1) is 25.2 Å². The monoisotopic (exact) mass is 323 g/mol. The number of esters is 1. The first-order chi connectivity index (χ1) is 10.6. The van der Waals surface area contributed by atoms with Crippen LogP contribution in [-0.2, 0) is 4.74 Å². The number of nitrogens with two attached hydrogens (primary N) is 1. The maximum atomic E-state index is 11.9. The molecule has 0 atom stereocenters. The first kappa shape index (κ1) is 16.2. The highest BCUT2D eigenvalue weighted by Crippen LogP contribution is 2.34. The number of ether oxygens (including phenoxy) is 3. The molecule has 2 rings (SSSR count). The molecule has 0 saturated carbocycles. The van der Waals surface area contributed by atoms with E-state index in [9.17, 15) is 4.79 Å². The first-order valence-corrected chi connectivity index (χ1v) is 7.41. The average Bonchev–Trinajstić information content (AvgIpc) is 2.51. The lowest BCUT2D eigenvalue weighted by atomic mass is 10.0. The number of halogens is 1. The van der Waals surface area contributed by atoms with Crippen LogP contribution in [0.4, 0.5) is 5.69 Å². The lowest BCUT2D eigenvalue weighted by molar-refractivity contribution is 0.0528. The predicted molar refractivity (Wildman–Crippen MR) is 87.1 cm³/mol. The number of fused-ring (bicyclic) bond motifs is 1. The summed E-state index contributed by atoms with van der Waals surface area (Å²) in [6, 6.07) is 7.01. The summed E-state index contributed by atoms with van der Waals surface area (Å²) in [6.07, 6.45) is 0. The van der Waals surface area contributed by atoms with Crippen molar-refractivity contribution in [1.29, 1.82) is 0 Å². The topological polar surface area (TPSA) is 70.8 Å². The highest BCUT2D eigenvalue weighted by Gasteiger charge is 2.14. The van der Waals surface area contributed by atoms with Gasteiger partial charge in [0.2, 0.25) is 0 Å². The van der Waals surface area contributed by atoms with Gasteiger partial charge in [0.25, 0.3) is 0 Å². The number of alkyl halides is 1. The summed E-state index contributed by atoms with van der Waals surface area (Å²) in [5.74, 6) is 1.09. The third-order valence-electron chi connectivity index (χ3n) is 3.12. The van der Waals surface area contributed by atoms with Crippen LogP contribution in [0.25, 0.3) is 10.8 Å². The van der Waals surface area contributed by atoms with Gasteiger partial charge in [-0.3, -0.25) is 0 Å². The number of hydrogen-bond donors (Lipinski definition) is 1. The van der Waals surface area contributed by atoms with Crippen molar-refractivity contribution in [3.8, 4) is 11.5 Å². The van der Waals surface area contributed by atoms with E-state index >= 15 is 0 Å². The largest absolute Gasteiger partial charge is 0.493 e. The summed E-state index contributed by atoms with van der Waals surface area (Å²) < 4.78 is 15.9. The maximum absolute atomic E-state index is 11.9. The minimum absolute atomic E-state index is 0.296. The van der Waals surface area contributed by atoms with Crippen molar-refractivity contribution >= 4 is 34.0 Å². The molecule has 0 saturated heterocycles. The number of rotatable bonds is 6. The molecule has 0 spiro atoms. The van der Waals surface area contributed by atoms with E-state index in [4.69, 9.17) is 31.5 Å². The Hall–Kier alpha value is -2.14. The van der Waals surface area contributed by atoms with Crippen molar-refractivity contribution in [3.05, 3.63) is 29.8 Å². The molecule has 0 fully saturated rings. The molecule has 0 bridgehead atoms. The van der Waals surface area contributed by atoms with Crippen molar-refractivity contribution in [2.45, 2.75) is 6.92 Å². The number of benzene rings is 2. The molecular weight excluding hydrogens is 306 g/mol. The van der Waals surface area contributed by atoms with Gasteiger partial charge in [-0.1, -0.05) is 0 Å². The second kappa shape index (κ2) is 7.22. The third kappa shape index (κ3) is 3.36. The van der Waals surface area contributed by atoms with Crippen LogP contribution in [0, 0.1) is 0 Å². The molecule has 2 N–H and O–H groups in total. The molecule has 0 aromatic heterocycles. The fourth-order valence-corrected chi connectivity index (χ4v) is 2.21. The molecule has 5 nitrogen and oxygen atoms in total. The molecule has 6 heteroatoms. The van der Waals surface area contributed by atoms with Crippen LogP contribution in [0.2, 0.25) is 0 Å². The number of anilines is 1. The lowest BCUT2D eigenvalue weighted by Gasteiger charge is -2.13. The van der Waals surface area contributed by atoms with E-state index in [-0.39, 0.29) is 0 Å². The summed E-state index contributed by atoms with van der Waals surface area (Å²) in [7, 11) is 1.55. The second-order valence-corrected chi connectivity index (χ2v) is 4.93. The summed E-state index contributed by atoms with van der Waals surface area (Å²) in [5.41, 5.74) is 6.64. The van der Waals surface area contributed by atoms with E-state index in [1.807, 2.05) is 6.07 Å². The number of nitrogen functional groups attached to an aromatic ring is 1. The van der Waals surface area contributed by atoms with E-state index < -0.39 is 5.97 Å². The van der Waals surface area contributed by atoms with Gasteiger partial charge >= 0.3 is 5.97 Å². The zero-order valence-electron chi connectivity index (χ0n) is 12.5. The normalized spacial score (nSPS) is 10.5. The van der Waals surface area contributed by atoms with E-state index in [1.54, 1.807) is 32.2 Å². The van der Waals surface area contributed by atoms with Gasteiger partial charge in [-0.05, 0) is 42.0 Å². The quantitative estimate of drug-likeness (QED) is 0.502. The van der Waals surface area contributed by atoms with Crippen molar-refractivity contribution in [2.75, 3.05) is 31.9 Å². The molecule has 0 unspecified atom stereocenters. The van der Waals surface area contributed by atoms with Crippen molar-refractivity contribution < 1.29 is 19.0 Å². The molecule has 0 heterocycles. The minimum atomic E-state index is -0.441. The Morgan fingerprint density at radius 1 is 1.18 bits per heavy atom. The average molecular weight is 324 g/mol. The molecule has 0 aliphatic heterocycles. The smallest absolute Gasteiger partial charge is 0.340 e. The Labute approximate surface area is 133 Å². The van der Waals surface area contributed by atoms with Gasteiger partial charge in [0.1, 0.15) is 6.61 Å². The van der Waals surface area contributed by atoms with Crippen LogP contribution in [0.5, 0.6) is 11.5 Å². The van der Waals surface area contributed by atoms with E-state index in [2.05, 4.69) is 0 Å². The summed E-state index contributed by atoms with van der Waals surface area (Å²) in [6.45, 7) is 2.42. The zero-order chi connectivity index (χ0) is 16.1. The molecule has 118 valence electrons. The van der Waals surface area contributed by atoms with Gasteiger partial charge in [-0.15, -0.1) is 11.6 Å². The predicted octanol–water partition coefficient (Wildman–Crippen LogP) is 3.22. The molecule has 2 aromatic rings. The number of methoxy groups -OCH3 is 1. The molecule has 2 aromatic carbocycles. The van der Waals surface area contributed by atoms with Crippen molar-refractivity contribution in [2.24, 2.45) is 0 Å². The van der Waals surface area contributed by atoms with Gasteiger partial charge in [0.15, 0.2) is 11.5 Å². The van der Waals surface area contributed by atoms with Gasteiger partial charge < -0.3 is 19.9 Å². The summed E-state index contributed by atoms with van der Waals surface area (Å²) >= 11 is 5.64. The Morgan fingerprint density at radius 3 is 2.50 bits per heavy atom. The Balaban J connectivity index is 2.51. The van der Waals surface area contributed by atoms with Gasteiger partial charge in [-0.2, -0.15) is 0 Å². The van der Waals surface area contributed by atoms with E-state index in [0.29, 0.717) is 41.8 Å². The Kier molecular flexibility index (Phi) is 5.33. The number of carbonyl (C=O) groups excluding carboxylic acids is 1. The van der Waals surface area contributed by atoms with Crippen LogP contribution in [0.1, 0.15) is 17.3 Å². The Morgan fingerprint density at radius 2 is 1.86 bits per heavy atom. The molecule has 0 aliphatic rings. The van der Waals surface area contributed by atoms with Crippen molar-refractivity contribution in [1.82, 2.24) is 0 Å².